The van der Waals surface area contributed by atoms with E-state index in [2.05, 4.69) is 0 Å². The summed E-state index contributed by atoms with van der Waals surface area (Å²) in [6, 6.07) is 0. The molecule has 0 bridgehead atoms. The first-order chi connectivity index (χ1) is 10.1. The van der Waals surface area contributed by atoms with Crippen molar-refractivity contribution in [2.75, 3.05) is 12.4 Å². The summed E-state index contributed by atoms with van der Waals surface area (Å²) < 4.78 is 6.00. The summed E-state index contributed by atoms with van der Waals surface area (Å²) >= 11 is 1.08. The number of hydrogen-bond donors (Lipinski definition) is 1. The highest BCUT2D eigenvalue weighted by atomic mass is 32.2. The highest BCUT2D eigenvalue weighted by molar-refractivity contribution is 8.13. The average Bonchev–Trinajstić information content (AvgIpc) is 2.46. The normalized spacial score (nSPS) is 30.4. The van der Waals surface area contributed by atoms with Crippen LogP contribution in [0.5, 0.6) is 0 Å². The maximum atomic E-state index is 11.3. The molecule has 4 atom stereocenters. The molecular formula is C16H26O4S. The smallest absolute Gasteiger partial charge is 0.309 e. The number of carbonyl (C=O) groups is 2. The largest absolute Gasteiger partial charge is 0.481 e. The number of hydrogen-bond acceptors (Lipinski definition) is 4. The number of aliphatic carboxylic acids is 1. The Morgan fingerprint density at radius 2 is 1.90 bits per heavy atom. The number of rotatable bonds is 6. The molecule has 2 aliphatic rings. The SMILES string of the molecule is CC(=O)SCC(COC1CCCC2CCCCC21)C(=O)O. The average molecular weight is 314 g/mol. The predicted octanol–water partition coefficient (Wildman–Crippen LogP) is 3.34. The summed E-state index contributed by atoms with van der Waals surface area (Å²) in [6.07, 6.45) is 8.96. The van der Waals surface area contributed by atoms with Crippen LogP contribution in [0.4, 0.5) is 0 Å². The maximum absolute atomic E-state index is 11.3. The first-order valence-corrected chi connectivity index (χ1v) is 9.04. The molecule has 2 aliphatic carbocycles. The molecule has 5 heteroatoms. The van der Waals surface area contributed by atoms with Gasteiger partial charge in [-0.05, 0) is 31.1 Å². The van der Waals surface area contributed by atoms with E-state index in [0.29, 0.717) is 11.7 Å². The van der Waals surface area contributed by atoms with Gasteiger partial charge in [-0.3, -0.25) is 9.59 Å². The predicted molar refractivity (Wildman–Crippen MR) is 83.3 cm³/mol. The molecule has 2 rings (SSSR count). The summed E-state index contributed by atoms with van der Waals surface area (Å²) in [7, 11) is 0. The first-order valence-electron chi connectivity index (χ1n) is 8.05. The van der Waals surface area contributed by atoms with Gasteiger partial charge in [0.25, 0.3) is 0 Å². The Bertz CT molecular complexity index is 369. The topological polar surface area (TPSA) is 63.6 Å². The highest BCUT2D eigenvalue weighted by Crippen LogP contribution is 2.41. The molecule has 0 saturated heterocycles. The number of carboxylic acids is 1. The first kappa shape index (κ1) is 16.8. The number of ether oxygens (including phenoxy) is 1. The van der Waals surface area contributed by atoms with Gasteiger partial charge in [0.2, 0.25) is 0 Å². The van der Waals surface area contributed by atoms with Crippen molar-refractivity contribution in [1.29, 1.82) is 0 Å². The van der Waals surface area contributed by atoms with E-state index in [1.165, 1.54) is 45.4 Å². The van der Waals surface area contributed by atoms with Crippen LogP contribution in [0.1, 0.15) is 51.9 Å². The van der Waals surface area contributed by atoms with Gasteiger partial charge in [-0.25, -0.2) is 0 Å². The van der Waals surface area contributed by atoms with Crippen molar-refractivity contribution in [1.82, 2.24) is 0 Å². The van der Waals surface area contributed by atoms with Crippen LogP contribution >= 0.6 is 11.8 Å². The van der Waals surface area contributed by atoms with Crippen molar-refractivity contribution >= 4 is 22.8 Å². The monoisotopic (exact) mass is 314 g/mol. The molecule has 2 saturated carbocycles. The van der Waals surface area contributed by atoms with E-state index in [-0.39, 0.29) is 17.8 Å². The second-order valence-corrected chi connectivity index (χ2v) is 7.55. The third kappa shape index (κ3) is 4.99. The molecule has 4 nitrogen and oxygen atoms in total. The minimum absolute atomic E-state index is 0.0359. The van der Waals surface area contributed by atoms with Gasteiger partial charge in [-0.15, -0.1) is 0 Å². The Hall–Kier alpha value is -0.550. The number of thioether (sulfide) groups is 1. The van der Waals surface area contributed by atoms with Crippen LogP contribution in [0.15, 0.2) is 0 Å². The molecule has 0 amide bonds. The summed E-state index contributed by atoms with van der Waals surface area (Å²) in [5.74, 6) is 0.281. The van der Waals surface area contributed by atoms with E-state index in [9.17, 15) is 14.7 Å². The van der Waals surface area contributed by atoms with E-state index < -0.39 is 11.9 Å². The van der Waals surface area contributed by atoms with Crippen LogP contribution < -0.4 is 0 Å². The fourth-order valence-electron chi connectivity index (χ4n) is 3.73. The van der Waals surface area contributed by atoms with Crippen LogP contribution in [0.25, 0.3) is 0 Å². The van der Waals surface area contributed by atoms with Crippen molar-refractivity contribution in [3.05, 3.63) is 0 Å². The fraction of sp³-hybridized carbons (Fsp3) is 0.875. The molecule has 0 heterocycles. The summed E-state index contributed by atoms with van der Waals surface area (Å²) in [5, 5.41) is 9.21. The van der Waals surface area contributed by atoms with Gasteiger partial charge in [0, 0.05) is 12.7 Å². The third-order valence-corrected chi connectivity index (χ3v) is 5.83. The van der Waals surface area contributed by atoms with Crippen molar-refractivity contribution < 1.29 is 19.4 Å². The maximum Gasteiger partial charge on any atom is 0.309 e. The number of carbonyl (C=O) groups excluding carboxylic acids is 1. The Morgan fingerprint density at radius 3 is 2.62 bits per heavy atom. The van der Waals surface area contributed by atoms with Crippen LogP contribution in [-0.4, -0.2) is 34.7 Å². The number of carboxylic acid groups (broad SMARTS) is 1. The molecule has 0 spiro atoms. The quantitative estimate of drug-likeness (QED) is 0.814. The lowest BCUT2D eigenvalue weighted by atomic mass is 9.69. The zero-order chi connectivity index (χ0) is 15.2. The van der Waals surface area contributed by atoms with E-state index in [4.69, 9.17) is 4.74 Å². The Morgan fingerprint density at radius 1 is 1.19 bits per heavy atom. The van der Waals surface area contributed by atoms with Gasteiger partial charge < -0.3 is 9.84 Å². The zero-order valence-corrected chi connectivity index (χ0v) is 13.6. The van der Waals surface area contributed by atoms with E-state index in [1.807, 2.05) is 0 Å². The minimum Gasteiger partial charge on any atom is -0.481 e. The van der Waals surface area contributed by atoms with Crippen LogP contribution in [0, 0.1) is 17.8 Å². The molecule has 1 N–H and O–H groups in total. The van der Waals surface area contributed by atoms with Gasteiger partial charge in [0.15, 0.2) is 5.12 Å². The van der Waals surface area contributed by atoms with E-state index in [0.717, 1.165) is 24.1 Å². The molecule has 0 aliphatic heterocycles. The van der Waals surface area contributed by atoms with E-state index >= 15 is 0 Å². The lowest BCUT2D eigenvalue weighted by molar-refractivity contribution is -0.145. The Labute approximate surface area is 131 Å². The Balaban J connectivity index is 1.84. The molecule has 0 aromatic rings. The summed E-state index contributed by atoms with van der Waals surface area (Å²) in [6.45, 7) is 1.71. The van der Waals surface area contributed by atoms with Crippen LogP contribution in [-0.2, 0) is 14.3 Å². The second-order valence-electron chi connectivity index (χ2n) is 6.35. The standard InChI is InChI=1S/C16H26O4S/c1-11(17)21-10-13(16(18)19)9-20-15-8-4-6-12-5-2-3-7-14(12)15/h12-15H,2-10H2,1H3,(H,18,19). The summed E-state index contributed by atoms with van der Waals surface area (Å²) in [5.41, 5.74) is 0. The molecule has 4 unspecified atom stereocenters. The molecule has 2 fully saturated rings. The third-order valence-electron chi connectivity index (χ3n) is 4.86. The molecule has 0 radical (unpaired) electrons. The van der Waals surface area contributed by atoms with Gasteiger partial charge >= 0.3 is 5.97 Å². The van der Waals surface area contributed by atoms with Crippen molar-refractivity contribution in [3.8, 4) is 0 Å². The second kappa shape index (κ2) is 8.18. The fourth-order valence-corrected chi connectivity index (χ4v) is 4.41. The van der Waals surface area contributed by atoms with Gasteiger partial charge in [-0.1, -0.05) is 37.4 Å². The molecule has 120 valence electrons. The van der Waals surface area contributed by atoms with Gasteiger partial charge in [-0.2, -0.15) is 0 Å². The molecular weight excluding hydrogens is 288 g/mol. The van der Waals surface area contributed by atoms with Crippen LogP contribution in [0.2, 0.25) is 0 Å². The molecule has 21 heavy (non-hydrogen) atoms. The Kier molecular flexibility index (Phi) is 6.55. The van der Waals surface area contributed by atoms with Crippen molar-refractivity contribution in [3.63, 3.8) is 0 Å². The van der Waals surface area contributed by atoms with Gasteiger partial charge in [0.1, 0.15) is 0 Å². The molecule has 0 aromatic carbocycles. The van der Waals surface area contributed by atoms with E-state index in [1.54, 1.807) is 0 Å². The van der Waals surface area contributed by atoms with Gasteiger partial charge in [0.05, 0.1) is 18.6 Å². The summed E-state index contributed by atoms with van der Waals surface area (Å²) in [4.78, 5) is 22.3. The highest BCUT2D eigenvalue weighted by Gasteiger charge is 2.36. The minimum atomic E-state index is -0.861. The van der Waals surface area contributed by atoms with Crippen molar-refractivity contribution in [2.45, 2.75) is 58.0 Å². The zero-order valence-electron chi connectivity index (χ0n) is 12.8. The lowest BCUT2D eigenvalue weighted by Crippen LogP contribution is -2.38. The van der Waals surface area contributed by atoms with Crippen molar-refractivity contribution in [2.24, 2.45) is 17.8 Å². The lowest BCUT2D eigenvalue weighted by Gasteiger charge is -2.41. The molecule has 0 aromatic heterocycles. The van der Waals surface area contributed by atoms with Crippen LogP contribution in [0.3, 0.4) is 0 Å². The number of fused-ring (bicyclic) bond motifs is 1.